The molecule has 1 aromatic rings. The third-order valence-corrected chi connectivity index (χ3v) is 4.06. The number of nitrogens with one attached hydrogen (secondary N) is 1. The van der Waals surface area contributed by atoms with Crippen molar-refractivity contribution in [3.63, 3.8) is 0 Å². The highest BCUT2D eigenvalue weighted by Gasteiger charge is 2.35. The molecule has 1 aliphatic rings. The van der Waals surface area contributed by atoms with E-state index in [1.807, 2.05) is 12.1 Å². The van der Waals surface area contributed by atoms with E-state index in [1.165, 1.54) is 0 Å². The molecule has 0 atom stereocenters. The fourth-order valence-corrected chi connectivity index (χ4v) is 2.82. The van der Waals surface area contributed by atoms with Crippen molar-refractivity contribution in [3.05, 3.63) is 29.8 Å². The van der Waals surface area contributed by atoms with Crippen LogP contribution in [-0.2, 0) is 0 Å². The number of benzene rings is 1. The molecule has 98 valence electrons. The molecular weight excluding hydrogens is 250 g/mol. The number of ether oxygens (including phenoxy) is 1. The molecule has 0 aromatic heterocycles. The molecule has 0 aliphatic heterocycles. The molecule has 0 spiro atoms. The Bertz CT molecular complexity index is 428. The third-order valence-electron chi connectivity index (χ3n) is 3.55. The van der Waals surface area contributed by atoms with Gasteiger partial charge in [0.05, 0.1) is 18.2 Å². The number of halogens is 1. The molecule has 0 heterocycles. The normalized spacial score (nSPS) is 17.4. The summed E-state index contributed by atoms with van der Waals surface area (Å²) in [6, 6.07) is 7.24. The molecule has 18 heavy (non-hydrogen) atoms. The number of carbonyl (C=O) groups excluding carboxylic acids is 1. The Labute approximate surface area is 112 Å². The summed E-state index contributed by atoms with van der Waals surface area (Å²) < 4.78 is 5.20. The minimum atomic E-state index is -0.237. The average Bonchev–Trinajstić information content (AvgIpc) is 2.87. The van der Waals surface area contributed by atoms with Crippen LogP contribution in [0.3, 0.4) is 0 Å². The Morgan fingerprint density at radius 1 is 1.39 bits per heavy atom. The number of rotatable bonds is 4. The van der Waals surface area contributed by atoms with E-state index in [1.54, 1.807) is 19.2 Å². The lowest BCUT2D eigenvalue weighted by Gasteiger charge is -2.28. The molecule has 1 N–H and O–H groups in total. The van der Waals surface area contributed by atoms with Crippen molar-refractivity contribution in [2.45, 2.75) is 31.2 Å². The van der Waals surface area contributed by atoms with Crippen molar-refractivity contribution in [3.8, 4) is 5.75 Å². The minimum absolute atomic E-state index is 0.102. The summed E-state index contributed by atoms with van der Waals surface area (Å²) in [6.07, 6.45) is 4.16. The van der Waals surface area contributed by atoms with Gasteiger partial charge >= 0.3 is 0 Å². The zero-order chi connectivity index (χ0) is 13.0. The first-order chi connectivity index (χ1) is 8.71. The summed E-state index contributed by atoms with van der Waals surface area (Å²) in [5.74, 6) is 0.959. The van der Waals surface area contributed by atoms with E-state index in [0.29, 0.717) is 17.2 Å². The number of alkyl halides is 1. The van der Waals surface area contributed by atoms with E-state index in [0.717, 1.165) is 25.7 Å². The van der Waals surface area contributed by atoms with Crippen LogP contribution in [0, 0.1) is 0 Å². The van der Waals surface area contributed by atoms with Crippen LogP contribution in [0.1, 0.15) is 36.0 Å². The van der Waals surface area contributed by atoms with Gasteiger partial charge in [-0.3, -0.25) is 4.79 Å². The molecule has 0 saturated heterocycles. The van der Waals surface area contributed by atoms with Gasteiger partial charge in [-0.15, -0.1) is 11.6 Å². The zero-order valence-electron chi connectivity index (χ0n) is 10.5. The maximum Gasteiger partial charge on any atom is 0.255 e. The summed E-state index contributed by atoms with van der Waals surface area (Å²) >= 11 is 6.02. The predicted octanol–water partition coefficient (Wildman–Crippen LogP) is 2.98. The van der Waals surface area contributed by atoms with Gasteiger partial charge in [0.15, 0.2) is 0 Å². The Morgan fingerprint density at radius 3 is 2.67 bits per heavy atom. The molecule has 4 heteroatoms. The number of hydrogen-bond donors (Lipinski definition) is 1. The number of carbonyl (C=O) groups is 1. The molecule has 3 nitrogen and oxygen atoms in total. The Balaban J connectivity index is 2.16. The Kier molecular flexibility index (Phi) is 4.12. The highest BCUT2D eigenvalue weighted by atomic mass is 35.5. The van der Waals surface area contributed by atoms with Crippen molar-refractivity contribution >= 4 is 17.5 Å². The molecule has 1 saturated carbocycles. The van der Waals surface area contributed by atoms with Gasteiger partial charge in [0, 0.05) is 5.88 Å². The van der Waals surface area contributed by atoms with Gasteiger partial charge in [0.25, 0.3) is 5.91 Å². The molecule has 0 unspecified atom stereocenters. The molecule has 0 bridgehead atoms. The van der Waals surface area contributed by atoms with Crippen LogP contribution in [0.2, 0.25) is 0 Å². The molecule has 1 aliphatic carbocycles. The summed E-state index contributed by atoms with van der Waals surface area (Å²) in [7, 11) is 1.57. The second-order valence-electron chi connectivity index (χ2n) is 4.78. The lowest BCUT2D eigenvalue weighted by Crippen LogP contribution is -2.47. The zero-order valence-corrected chi connectivity index (χ0v) is 11.3. The summed E-state index contributed by atoms with van der Waals surface area (Å²) in [4.78, 5) is 12.3. The second-order valence-corrected chi connectivity index (χ2v) is 5.04. The van der Waals surface area contributed by atoms with E-state index in [2.05, 4.69) is 5.32 Å². The van der Waals surface area contributed by atoms with Crippen LogP contribution in [0.15, 0.2) is 24.3 Å². The predicted molar refractivity (Wildman–Crippen MR) is 72.4 cm³/mol. The number of hydrogen-bond acceptors (Lipinski definition) is 2. The molecule has 0 radical (unpaired) electrons. The second kappa shape index (κ2) is 5.61. The maximum absolute atomic E-state index is 12.3. The van der Waals surface area contributed by atoms with Crippen molar-refractivity contribution in [1.82, 2.24) is 5.32 Å². The highest BCUT2D eigenvalue weighted by Crippen LogP contribution is 2.31. The lowest BCUT2D eigenvalue weighted by atomic mass is 9.99. The van der Waals surface area contributed by atoms with Gasteiger partial charge in [-0.2, -0.15) is 0 Å². The van der Waals surface area contributed by atoms with Crippen molar-refractivity contribution in [2.75, 3.05) is 13.0 Å². The van der Waals surface area contributed by atoms with Gasteiger partial charge in [0.1, 0.15) is 5.75 Å². The fourth-order valence-electron chi connectivity index (χ4n) is 2.48. The first-order valence-corrected chi connectivity index (χ1v) is 6.76. The SMILES string of the molecule is COc1ccccc1C(=O)NC1(CCl)CCCC1. The van der Waals surface area contributed by atoms with Crippen molar-refractivity contribution in [2.24, 2.45) is 0 Å². The quantitative estimate of drug-likeness (QED) is 0.852. The van der Waals surface area contributed by atoms with E-state index < -0.39 is 0 Å². The van der Waals surface area contributed by atoms with Gasteiger partial charge in [-0.25, -0.2) is 0 Å². The van der Waals surface area contributed by atoms with E-state index >= 15 is 0 Å². The van der Waals surface area contributed by atoms with E-state index in [-0.39, 0.29) is 11.4 Å². The maximum atomic E-state index is 12.3. The van der Waals surface area contributed by atoms with Crippen molar-refractivity contribution < 1.29 is 9.53 Å². The number of para-hydroxylation sites is 1. The van der Waals surface area contributed by atoms with Crippen LogP contribution in [-0.4, -0.2) is 24.4 Å². The number of amides is 1. The third kappa shape index (κ3) is 2.61. The summed E-state index contributed by atoms with van der Waals surface area (Å²) in [5.41, 5.74) is 0.329. The standard InChI is InChI=1S/C14H18ClNO2/c1-18-12-7-3-2-6-11(12)13(17)16-14(10-15)8-4-5-9-14/h2-3,6-7H,4-5,8-10H2,1H3,(H,16,17). The van der Waals surface area contributed by atoms with Gasteiger partial charge in [0.2, 0.25) is 0 Å². The molecular formula is C14H18ClNO2. The first-order valence-electron chi connectivity index (χ1n) is 6.22. The van der Waals surface area contributed by atoms with Gasteiger partial charge in [-0.1, -0.05) is 25.0 Å². The highest BCUT2D eigenvalue weighted by molar-refractivity contribution is 6.19. The van der Waals surface area contributed by atoms with Crippen LogP contribution in [0.5, 0.6) is 5.75 Å². The summed E-state index contributed by atoms with van der Waals surface area (Å²) in [5, 5.41) is 3.08. The van der Waals surface area contributed by atoms with Crippen LogP contribution < -0.4 is 10.1 Å². The van der Waals surface area contributed by atoms with E-state index in [4.69, 9.17) is 16.3 Å². The minimum Gasteiger partial charge on any atom is -0.496 e. The smallest absolute Gasteiger partial charge is 0.255 e. The first kappa shape index (κ1) is 13.2. The van der Waals surface area contributed by atoms with Gasteiger partial charge in [-0.05, 0) is 25.0 Å². The topological polar surface area (TPSA) is 38.3 Å². The molecule has 1 amide bonds. The molecule has 2 rings (SSSR count). The van der Waals surface area contributed by atoms with Crippen molar-refractivity contribution in [1.29, 1.82) is 0 Å². The van der Waals surface area contributed by atoms with Gasteiger partial charge < -0.3 is 10.1 Å². The number of methoxy groups -OCH3 is 1. The van der Waals surface area contributed by atoms with Crippen LogP contribution in [0.4, 0.5) is 0 Å². The largest absolute Gasteiger partial charge is 0.496 e. The molecule has 1 fully saturated rings. The Hall–Kier alpha value is -1.22. The van der Waals surface area contributed by atoms with Crippen LogP contribution in [0.25, 0.3) is 0 Å². The van der Waals surface area contributed by atoms with Crippen LogP contribution >= 0.6 is 11.6 Å². The van der Waals surface area contributed by atoms with E-state index in [9.17, 15) is 4.79 Å². The summed E-state index contributed by atoms with van der Waals surface area (Å²) in [6.45, 7) is 0. The lowest BCUT2D eigenvalue weighted by molar-refractivity contribution is 0.0906. The molecule has 1 aromatic carbocycles. The Morgan fingerprint density at radius 2 is 2.06 bits per heavy atom. The fraction of sp³-hybridized carbons (Fsp3) is 0.500. The monoisotopic (exact) mass is 267 g/mol. The average molecular weight is 268 g/mol.